The van der Waals surface area contributed by atoms with Crippen molar-refractivity contribution in [2.75, 3.05) is 14.2 Å². The Bertz CT molecular complexity index is 745. The molecule has 8 nitrogen and oxygen atoms in total. The van der Waals surface area contributed by atoms with Gasteiger partial charge in [0.2, 0.25) is 17.7 Å². The molecule has 2 aromatic rings. The summed E-state index contributed by atoms with van der Waals surface area (Å²) < 4.78 is 48.9. The first-order valence-electron chi connectivity index (χ1n) is 6.61. The second-order valence-corrected chi connectivity index (χ2v) is 4.68. The monoisotopic (exact) mass is 345 g/mol. The van der Waals surface area contributed by atoms with E-state index in [1.807, 2.05) is 0 Å². The Morgan fingerprint density at radius 2 is 1.96 bits per heavy atom. The summed E-state index contributed by atoms with van der Waals surface area (Å²) in [5.41, 5.74) is 5.21. The van der Waals surface area contributed by atoms with E-state index in [-0.39, 0.29) is 35.4 Å². The molecule has 11 heteroatoms. The average Bonchev–Trinajstić information content (AvgIpc) is 2.85. The van der Waals surface area contributed by atoms with Crippen molar-refractivity contribution in [3.63, 3.8) is 0 Å². The number of halogens is 3. The topological polar surface area (TPSA) is 105 Å². The molecule has 0 fully saturated rings. The number of amides is 1. The summed E-state index contributed by atoms with van der Waals surface area (Å²) in [7, 11) is 2.69. The second-order valence-electron chi connectivity index (χ2n) is 4.68. The van der Waals surface area contributed by atoms with E-state index in [4.69, 9.17) is 15.2 Å². The summed E-state index contributed by atoms with van der Waals surface area (Å²) >= 11 is 0. The number of pyridine rings is 1. The number of carbonyl (C=O) groups is 1. The molecule has 0 saturated heterocycles. The van der Waals surface area contributed by atoms with Crippen molar-refractivity contribution in [1.82, 2.24) is 19.7 Å². The first-order valence-corrected chi connectivity index (χ1v) is 6.61. The van der Waals surface area contributed by atoms with E-state index in [0.29, 0.717) is 4.68 Å². The molecular weight excluding hydrogens is 331 g/mol. The quantitative estimate of drug-likeness (QED) is 0.836. The number of alkyl halides is 3. The molecule has 0 unspecified atom stereocenters. The zero-order valence-corrected chi connectivity index (χ0v) is 12.8. The van der Waals surface area contributed by atoms with Gasteiger partial charge in [-0.2, -0.15) is 23.3 Å². The Morgan fingerprint density at radius 3 is 2.50 bits per heavy atom. The molecule has 0 saturated carbocycles. The minimum Gasteiger partial charge on any atom is -0.481 e. The Hall–Kier alpha value is -2.85. The highest BCUT2D eigenvalue weighted by molar-refractivity contribution is 5.76. The number of aromatic nitrogens is 4. The Kier molecular flexibility index (Phi) is 4.90. The molecule has 0 radical (unpaired) electrons. The molecule has 130 valence electrons. The lowest BCUT2D eigenvalue weighted by Gasteiger charge is -2.11. The van der Waals surface area contributed by atoms with Crippen LogP contribution in [0.1, 0.15) is 5.82 Å². The summed E-state index contributed by atoms with van der Waals surface area (Å²) in [5.74, 6) is -0.800. The minimum atomic E-state index is -4.53. The SMILES string of the molecule is COc1ccc(-c2nc(CC(N)=O)nn2CC(F)(F)F)c(OC)n1. The van der Waals surface area contributed by atoms with Crippen molar-refractivity contribution < 1.29 is 27.4 Å². The van der Waals surface area contributed by atoms with Gasteiger partial charge in [-0.25, -0.2) is 9.67 Å². The van der Waals surface area contributed by atoms with Crippen LogP contribution >= 0.6 is 0 Å². The van der Waals surface area contributed by atoms with Crippen LogP contribution in [0.3, 0.4) is 0 Å². The number of methoxy groups -OCH3 is 2. The van der Waals surface area contributed by atoms with Crippen LogP contribution in [0.4, 0.5) is 13.2 Å². The normalized spacial score (nSPS) is 11.4. The molecule has 0 aliphatic heterocycles. The zero-order chi connectivity index (χ0) is 17.9. The average molecular weight is 345 g/mol. The molecule has 2 N–H and O–H groups in total. The van der Waals surface area contributed by atoms with Crippen LogP contribution < -0.4 is 15.2 Å². The maximum absolute atomic E-state index is 12.8. The molecular formula is C13H14F3N5O3. The smallest absolute Gasteiger partial charge is 0.408 e. The van der Waals surface area contributed by atoms with E-state index in [1.165, 1.54) is 26.4 Å². The van der Waals surface area contributed by atoms with Crippen LogP contribution in [0.25, 0.3) is 11.4 Å². The van der Waals surface area contributed by atoms with Gasteiger partial charge < -0.3 is 15.2 Å². The summed E-state index contributed by atoms with van der Waals surface area (Å²) in [6.45, 7) is -1.39. The first-order chi connectivity index (χ1) is 11.2. The fourth-order valence-electron chi connectivity index (χ4n) is 1.96. The summed E-state index contributed by atoms with van der Waals surface area (Å²) in [4.78, 5) is 18.9. The number of ether oxygens (including phenoxy) is 2. The number of rotatable bonds is 6. The van der Waals surface area contributed by atoms with Gasteiger partial charge in [0.1, 0.15) is 6.54 Å². The number of nitrogens with zero attached hydrogens (tertiary/aromatic N) is 4. The van der Waals surface area contributed by atoms with Gasteiger partial charge in [-0.3, -0.25) is 4.79 Å². The molecule has 0 aliphatic rings. The summed E-state index contributed by atoms with van der Waals surface area (Å²) in [5, 5.41) is 3.70. The second kappa shape index (κ2) is 6.72. The predicted molar refractivity (Wildman–Crippen MR) is 75.3 cm³/mol. The third-order valence-corrected chi connectivity index (χ3v) is 2.86. The number of primary amides is 1. The lowest BCUT2D eigenvalue weighted by molar-refractivity contribution is -0.142. The van der Waals surface area contributed by atoms with Crippen LogP contribution in [0.2, 0.25) is 0 Å². The molecule has 2 aromatic heterocycles. The molecule has 24 heavy (non-hydrogen) atoms. The molecule has 1 amide bonds. The molecule has 0 bridgehead atoms. The van der Waals surface area contributed by atoms with Gasteiger partial charge in [0, 0.05) is 6.07 Å². The fourth-order valence-corrected chi connectivity index (χ4v) is 1.96. The lowest BCUT2D eigenvalue weighted by atomic mass is 10.2. The van der Waals surface area contributed by atoms with Crippen molar-refractivity contribution in [2.24, 2.45) is 5.73 Å². The van der Waals surface area contributed by atoms with Crippen molar-refractivity contribution in [1.29, 1.82) is 0 Å². The van der Waals surface area contributed by atoms with Crippen LogP contribution in [0.15, 0.2) is 12.1 Å². The zero-order valence-electron chi connectivity index (χ0n) is 12.8. The van der Waals surface area contributed by atoms with Crippen molar-refractivity contribution >= 4 is 5.91 Å². The van der Waals surface area contributed by atoms with Gasteiger partial charge in [0.25, 0.3) is 0 Å². The number of hydrogen-bond donors (Lipinski definition) is 1. The van der Waals surface area contributed by atoms with Crippen LogP contribution in [-0.4, -0.2) is 46.1 Å². The minimum absolute atomic E-state index is 0.01000. The van der Waals surface area contributed by atoms with Gasteiger partial charge in [-0.05, 0) is 6.07 Å². The van der Waals surface area contributed by atoms with E-state index >= 15 is 0 Å². The highest BCUT2D eigenvalue weighted by Crippen LogP contribution is 2.30. The van der Waals surface area contributed by atoms with Crippen LogP contribution in [0.5, 0.6) is 11.8 Å². The van der Waals surface area contributed by atoms with Crippen molar-refractivity contribution in [3.05, 3.63) is 18.0 Å². The molecule has 0 aromatic carbocycles. The number of nitrogens with two attached hydrogens (primary N) is 1. The van der Waals surface area contributed by atoms with Crippen molar-refractivity contribution in [2.45, 2.75) is 19.1 Å². The third kappa shape index (κ3) is 4.12. The van der Waals surface area contributed by atoms with Gasteiger partial charge in [0.05, 0.1) is 26.2 Å². The molecule has 2 heterocycles. The third-order valence-electron chi connectivity index (χ3n) is 2.86. The number of carbonyl (C=O) groups excluding carboxylic acids is 1. The maximum Gasteiger partial charge on any atom is 0.408 e. The molecule has 0 spiro atoms. The van der Waals surface area contributed by atoms with Crippen LogP contribution in [-0.2, 0) is 17.8 Å². The van der Waals surface area contributed by atoms with E-state index in [2.05, 4.69) is 15.1 Å². The van der Waals surface area contributed by atoms with Gasteiger partial charge in [-0.1, -0.05) is 0 Å². The Morgan fingerprint density at radius 1 is 1.25 bits per heavy atom. The Balaban J connectivity index is 2.54. The maximum atomic E-state index is 12.8. The highest BCUT2D eigenvalue weighted by atomic mass is 19.4. The van der Waals surface area contributed by atoms with Gasteiger partial charge in [0.15, 0.2) is 11.6 Å². The molecule has 0 aliphatic carbocycles. The largest absolute Gasteiger partial charge is 0.481 e. The standard InChI is InChI=1S/C13H14F3N5O3/c1-23-10-4-3-7(12(19-10)24-2)11-18-9(5-8(17)22)20-21(11)6-13(14,15)16/h3-4H,5-6H2,1-2H3,(H2,17,22). The van der Waals surface area contributed by atoms with E-state index < -0.39 is 18.6 Å². The van der Waals surface area contributed by atoms with Gasteiger partial charge in [-0.15, -0.1) is 0 Å². The van der Waals surface area contributed by atoms with Gasteiger partial charge >= 0.3 is 6.18 Å². The lowest BCUT2D eigenvalue weighted by Crippen LogP contribution is -2.20. The molecule has 0 atom stereocenters. The molecule has 2 rings (SSSR count). The fraction of sp³-hybridized carbons (Fsp3) is 0.385. The predicted octanol–water partition coefficient (Wildman–Crippen LogP) is 0.947. The Labute approximate surface area is 134 Å². The van der Waals surface area contributed by atoms with E-state index in [1.54, 1.807) is 0 Å². The summed E-state index contributed by atoms with van der Waals surface area (Å²) in [6, 6.07) is 2.88. The summed E-state index contributed by atoms with van der Waals surface area (Å²) in [6.07, 6.45) is -4.91. The number of hydrogen-bond acceptors (Lipinski definition) is 6. The first kappa shape index (κ1) is 17.5. The van der Waals surface area contributed by atoms with Crippen LogP contribution in [0, 0.1) is 0 Å². The highest BCUT2D eigenvalue weighted by Gasteiger charge is 2.31. The van der Waals surface area contributed by atoms with E-state index in [0.717, 1.165) is 0 Å². The van der Waals surface area contributed by atoms with Crippen molar-refractivity contribution in [3.8, 4) is 23.1 Å². The van der Waals surface area contributed by atoms with E-state index in [9.17, 15) is 18.0 Å².